The van der Waals surface area contributed by atoms with Gasteiger partial charge in [0.15, 0.2) is 5.58 Å². The number of piperidine rings is 1. The number of hydrogen-bond donors (Lipinski definition) is 1. The molecule has 0 amide bonds. The smallest absolute Gasteiger partial charge is 0.417 e. The SMILES string of the molecule is COC(=O)C1(CN2CCC(Cc3ccc(F)cc3)CC2)CC(c2ccc3[nH]c(=O)oc3c2)=NO1. The zero-order valence-corrected chi connectivity index (χ0v) is 18.9. The van der Waals surface area contributed by atoms with E-state index < -0.39 is 17.3 Å². The predicted molar refractivity (Wildman–Crippen MR) is 123 cm³/mol. The van der Waals surface area contributed by atoms with Gasteiger partial charge in [0.25, 0.3) is 5.60 Å². The van der Waals surface area contributed by atoms with Gasteiger partial charge >= 0.3 is 11.7 Å². The number of aromatic nitrogens is 1. The zero-order valence-electron chi connectivity index (χ0n) is 18.9. The van der Waals surface area contributed by atoms with Crippen molar-refractivity contribution >= 4 is 22.8 Å². The molecule has 1 atom stereocenters. The molecule has 5 rings (SSSR count). The van der Waals surface area contributed by atoms with Gasteiger partial charge in [-0.05, 0) is 68.1 Å². The van der Waals surface area contributed by atoms with Crippen LogP contribution < -0.4 is 5.76 Å². The number of oxazole rings is 1. The van der Waals surface area contributed by atoms with Crippen LogP contribution in [0.15, 0.2) is 56.8 Å². The topological polar surface area (TPSA) is 97.1 Å². The summed E-state index contributed by atoms with van der Waals surface area (Å²) in [5, 5.41) is 4.21. The average molecular weight is 467 g/mol. The molecule has 9 heteroatoms. The van der Waals surface area contributed by atoms with Crippen molar-refractivity contribution in [1.82, 2.24) is 9.88 Å². The highest BCUT2D eigenvalue weighted by Gasteiger charge is 2.49. The van der Waals surface area contributed by atoms with E-state index >= 15 is 0 Å². The van der Waals surface area contributed by atoms with Gasteiger partial charge in [0.2, 0.25) is 0 Å². The lowest BCUT2D eigenvalue weighted by atomic mass is 9.88. The molecular formula is C25H26FN3O5. The first-order chi connectivity index (χ1) is 16.4. The molecule has 0 spiro atoms. The molecule has 1 unspecified atom stereocenters. The van der Waals surface area contributed by atoms with E-state index in [0.717, 1.165) is 43.5 Å². The lowest BCUT2D eigenvalue weighted by Crippen LogP contribution is -2.51. The molecule has 3 heterocycles. The maximum Gasteiger partial charge on any atom is 0.417 e. The first kappa shape index (κ1) is 22.3. The minimum absolute atomic E-state index is 0.220. The third-order valence-electron chi connectivity index (χ3n) is 6.72. The third kappa shape index (κ3) is 4.48. The molecule has 1 aromatic heterocycles. The number of methoxy groups -OCH3 is 1. The van der Waals surface area contributed by atoms with Crippen LogP contribution in [0.5, 0.6) is 0 Å². The Morgan fingerprint density at radius 1 is 1.24 bits per heavy atom. The van der Waals surface area contributed by atoms with Crippen molar-refractivity contribution in [2.24, 2.45) is 11.1 Å². The Hall–Kier alpha value is -3.46. The van der Waals surface area contributed by atoms with Gasteiger partial charge in [-0.3, -0.25) is 9.88 Å². The first-order valence-electron chi connectivity index (χ1n) is 11.4. The summed E-state index contributed by atoms with van der Waals surface area (Å²) >= 11 is 0. The second-order valence-corrected chi connectivity index (χ2v) is 9.07. The molecule has 0 bridgehead atoms. The van der Waals surface area contributed by atoms with E-state index in [1.807, 2.05) is 18.2 Å². The highest BCUT2D eigenvalue weighted by molar-refractivity contribution is 6.06. The largest absolute Gasteiger partial charge is 0.466 e. The van der Waals surface area contributed by atoms with E-state index in [9.17, 15) is 14.0 Å². The van der Waals surface area contributed by atoms with Crippen molar-refractivity contribution in [2.75, 3.05) is 26.7 Å². The zero-order chi connectivity index (χ0) is 23.7. The molecule has 0 aliphatic carbocycles. The third-order valence-corrected chi connectivity index (χ3v) is 6.72. The molecule has 34 heavy (non-hydrogen) atoms. The number of fused-ring (bicyclic) bond motifs is 1. The van der Waals surface area contributed by atoms with E-state index in [1.54, 1.807) is 12.1 Å². The number of carbonyl (C=O) groups excluding carboxylic acids is 1. The highest BCUT2D eigenvalue weighted by Crippen LogP contribution is 2.32. The van der Waals surface area contributed by atoms with E-state index in [0.29, 0.717) is 29.3 Å². The van der Waals surface area contributed by atoms with E-state index in [2.05, 4.69) is 15.0 Å². The highest BCUT2D eigenvalue weighted by atomic mass is 19.1. The number of halogens is 1. The van der Waals surface area contributed by atoms with Gasteiger partial charge in [0.05, 0.1) is 24.9 Å². The number of nitrogens with one attached hydrogen (secondary N) is 1. The summed E-state index contributed by atoms with van der Waals surface area (Å²) in [6.07, 6.45) is 3.13. The van der Waals surface area contributed by atoms with Crippen LogP contribution in [0.2, 0.25) is 0 Å². The second-order valence-electron chi connectivity index (χ2n) is 9.07. The molecule has 0 radical (unpaired) electrons. The normalized spacial score (nSPS) is 21.4. The van der Waals surface area contributed by atoms with Crippen LogP contribution in [-0.4, -0.2) is 53.9 Å². The fourth-order valence-electron chi connectivity index (χ4n) is 4.87. The summed E-state index contributed by atoms with van der Waals surface area (Å²) in [6, 6.07) is 11.9. The standard InChI is InChI=1S/C25H26FN3O5/c1-32-23(30)25(14-21(28-34-25)18-4-7-20-22(13-18)33-24(31)27-20)15-29-10-8-17(9-11-29)12-16-2-5-19(26)6-3-16/h2-7,13,17H,8-12,14-15H2,1H3,(H,27,31). The van der Waals surface area contributed by atoms with Crippen molar-refractivity contribution in [3.8, 4) is 0 Å². The average Bonchev–Trinajstić information content (AvgIpc) is 3.44. The van der Waals surface area contributed by atoms with Crippen LogP contribution in [0.4, 0.5) is 4.39 Å². The number of carbonyl (C=O) groups is 1. The number of aromatic amines is 1. The number of hydrogen-bond acceptors (Lipinski definition) is 7. The number of esters is 1. The van der Waals surface area contributed by atoms with Gasteiger partial charge in [0, 0.05) is 12.0 Å². The fraction of sp³-hybridized carbons (Fsp3) is 0.400. The second kappa shape index (κ2) is 9.06. The van der Waals surface area contributed by atoms with Gasteiger partial charge in [0.1, 0.15) is 5.82 Å². The molecule has 1 fully saturated rings. The van der Waals surface area contributed by atoms with Crippen LogP contribution in [0.1, 0.15) is 30.4 Å². The van der Waals surface area contributed by atoms with Gasteiger partial charge in [-0.25, -0.2) is 14.0 Å². The number of H-pyrrole nitrogens is 1. The van der Waals surface area contributed by atoms with Crippen LogP contribution in [0.25, 0.3) is 11.1 Å². The molecule has 1 N–H and O–H groups in total. The summed E-state index contributed by atoms with van der Waals surface area (Å²) in [6.45, 7) is 2.02. The minimum atomic E-state index is -1.22. The van der Waals surface area contributed by atoms with E-state index in [-0.39, 0.29) is 12.2 Å². The Balaban J connectivity index is 1.24. The molecule has 3 aromatic rings. The van der Waals surface area contributed by atoms with Gasteiger partial charge < -0.3 is 14.0 Å². The summed E-state index contributed by atoms with van der Waals surface area (Å²) in [5.74, 6) is -0.699. The van der Waals surface area contributed by atoms with Crippen molar-refractivity contribution in [1.29, 1.82) is 0 Å². The number of ether oxygens (including phenoxy) is 1. The maximum absolute atomic E-state index is 13.2. The number of oxime groups is 1. The maximum atomic E-state index is 13.2. The van der Waals surface area contributed by atoms with Crippen LogP contribution >= 0.6 is 0 Å². The number of benzene rings is 2. The molecule has 178 valence electrons. The Labute approximate surface area is 195 Å². The molecule has 2 aliphatic rings. The molecule has 2 aromatic carbocycles. The quantitative estimate of drug-likeness (QED) is 0.559. The Morgan fingerprint density at radius 2 is 2.00 bits per heavy atom. The summed E-state index contributed by atoms with van der Waals surface area (Å²) < 4.78 is 23.4. The number of likely N-dealkylation sites (tertiary alicyclic amines) is 1. The lowest BCUT2D eigenvalue weighted by molar-refractivity contribution is -0.169. The predicted octanol–water partition coefficient (Wildman–Crippen LogP) is 3.25. The monoisotopic (exact) mass is 467 g/mol. The number of rotatable bonds is 6. The summed E-state index contributed by atoms with van der Waals surface area (Å²) in [5.41, 5.74) is 2.25. The number of nitrogens with zero attached hydrogens (tertiary/aromatic N) is 2. The van der Waals surface area contributed by atoms with Gasteiger partial charge in [-0.15, -0.1) is 0 Å². The van der Waals surface area contributed by atoms with E-state index in [4.69, 9.17) is 14.0 Å². The van der Waals surface area contributed by atoms with Crippen molar-refractivity contribution in [3.63, 3.8) is 0 Å². The molecular weight excluding hydrogens is 441 g/mol. The first-order valence-corrected chi connectivity index (χ1v) is 11.4. The van der Waals surface area contributed by atoms with Gasteiger partial charge in [-0.2, -0.15) is 0 Å². The van der Waals surface area contributed by atoms with Crippen LogP contribution in [0, 0.1) is 11.7 Å². The van der Waals surface area contributed by atoms with Gasteiger partial charge in [-0.1, -0.05) is 23.4 Å². The molecule has 2 aliphatic heterocycles. The lowest BCUT2D eigenvalue weighted by Gasteiger charge is -2.36. The van der Waals surface area contributed by atoms with E-state index in [1.165, 1.54) is 19.2 Å². The molecule has 8 nitrogen and oxygen atoms in total. The van der Waals surface area contributed by atoms with Crippen molar-refractivity contribution in [2.45, 2.75) is 31.3 Å². The Morgan fingerprint density at radius 3 is 2.74 bits per heavy atom. The van der Waals surface area contributed by atoms with Crippen LogP contribution in [0.3, 0.4) is 0 Å². The summed E-state index contributed by atoms with van der Waals surface area (Å²) in [7, 11) is 1.35. The van der Waals surface area contributed by atoms with Crippen molar-refractivity contribution < 1.29 is 23.2 Å². The fourth-order valence-corrected chi connectivity index (χ4v) is 4.87. The van der Waals surface area contributed by atoms with Crippen LogP contribution in [-0.2, 0) is 20.8 Å². The Kier molecular flexibility index (Phi) is 5.95. The Bertz CT molecular complexity index is 1270. The minimum Gasteiger partial charge on any atom is -0.466 e. The molecule has 0 saturated carbocycles. The summed E-state index contributed by atoms with van der Waals surface area (Å²) in [4.78, 5) is 34.8. The molecule has 1 saturated heterocycles. The van der Waals surface area contributed by atoms with Crippen molar-refractivity contribution in [3.05, 3.63) is 70.0 Å².